The molecule has 2 heterocycles. The number of benzene rings is 2. The van der Waals surface area contributed by atoms with Gasteiger partial charge in [0.1, 0.15) is 5.82 Å². The van der Waals surface area contributed by atoms with Crippen LogP contribution in [-0.4, -0.2) is 43.2 Å². The fraction of sp³-hybridized carbons (Fsp3) is 0.536. The summed E-state index contributed by atoms with van der Waals surface area (Å²) in [5, 5.41) is 9.73. The Hall–Kier alpha value is -2.60. The number of halogens is 1. The van der Waals surface area contributed by atoms with Crippen LogP contribution in [0, 0.1) is 17.7 Å². The quantitative estimate of drug-likeness (QED) is 0.534. The van der Waals surface area contributed by atoms with Crippen molar-refractivity contribution in [1.82, 2.24) is 10.2 Å². The third-order valence-corrected chi connectivity index (χ3v) is 7.83. The highest BCUT2D eigenvalue weighted by Gasteiger charge is 2.30. The Morgan fingerprint density at radius 1 is 1.06 bits per heavy atom. The number of nitrogens with one attached hydrogen (secondary N) is 3. The highest BCUT2D eigenvalue weighted by Crippen LogP contribution is 2.29. The predicted octanol–water partition coefficient (Wildman–Crippen LogP) is 5.43. The second kappa shape index (κ2) is 10.8. The molecule has 182 valence electrons. The second-order valence-electron chi connectivity index (χ2n) is 10.4. The average molecular weight is 465 g/mol. The first-order chi connectivity index (χ1) is 16.6. The zero-order chi connectivity index (χ0) is 23.3. The SMILES string of the molecule is O=C(Nc1ccc2c(c1)CCN2)NC1CCCC[C@H]1CN1CCC[C@@H](Cc2ccc(F)cc2)C1. The molecular formula is C28H37FN4O. The van der Waals surface area contributed by atoms with Gasteiger partial charge in [0.05, 0.1) is 0 Å². The van der Waals surface area contributed by atoms with Crippen LogP contribution in [0.25, 0.3) is 0 Å². The number of carbonyl (C=O) groups excluding carboxylic acids is 1. The standard InChI is InChI=1S/C28H37FN4O/c29-24-9-7-20(8-10-24)16-21-4-3-15-33(18-21)19-23-5-1-2-6-27(23)32-28(34)31-25-11-12-26-22(17-25)13-14-30-26/h7-12,17,21,23,27,30H,1-6,13-16,18-19H2,(H2,31,32,34)/t21-,23-,27?/m0/s1. The number of piperidine rings is 1. The number of hydrogen-bond acceptors (Lipinski definition) is 3. The zero-order valence-electron chi connectivity index (χ0n) is 20.0. The van der Waals surface area contributed by atoms with Crippen molar-refractivity contribution in [1.29, 1.82) is 0 Å². The smallest absolute Gasteiger partial charge is 0.319 e. The number of urea groups is 1. The first-order valence-electron chi connectivity index (χ1n) is 13.0. The molecule has 2 aliphatic heterocycles. The molecule has 0 radical (unpaired) electrons. The predicted molar refractivity (Wildman–Crippen MR) is 136 cm³/mol. The van der Waals surface area contributed by atoms with E-state index in [4.69, 9.17) is 0 Å². The van der Waals surface area contributed by atoms with Gasteiger partial charge in [-0.25, -0.2) is 9.18 Å². The Balaban J connectivity index is 1.14. The molecule has 6 heteroatoms. The number of hydrogen-bond donors (Lipinski definition) is 3. The minimum absolute atomic E-state index is 0.0874. The van der Waals surface area contributed by atoms with Crippen molar-refractivity contribution in [2.75, 3.05) is 36.8 Å². The van der Waals surface area contributed by atoms with Crippen molar-refractivity contribution < 1.29 is 9.18 Å². The van der Waals surface area contributed by atoms with Crippen LogP contribution >= 0.6 is 0 Å². The second-order valence-corrected chi connectivity index (χ2v) is 10.4. The summed E-state index contributed by atoms with van der Waals surface area (Å²) in [6, 6.07) is 13.2. The Bertz CT molecular complexity index is 979. The lowest BCUT2D eigenvalue weighted by Crippen LogP contribution is -2.49. The molecule has 5 nitrogen and oxygen atoms in total. The maximum Gasteiger partial charge on any atom is 0.319 e. The molecule has 1 unspecified atom stereocenters. The fourth-order valence-corrected chi connectivity index (χ4v) is 6.10. The van der Waals surface area contributed by atoms with Gasteiger partial charge in [-0.3, -0.25) is 0 Å². The summed E-state index contributed by atoms with van der Waals surface area (Å²) >= 11 is 0. The lowest BCUT2D eigenvalue weighted by Gasteiger charge is -2.39. The van der Waals surface area contributed by atoms with Crippen LogP contribution in [0.3, 0.4) is 0 Å². The van der Waals surface area contributed by atoms with E-state index in [0.29, 0.717) is 11.8 Å². The molecule has 3 atom stereocenters. The van der Waals surface area contributed by atoms with Gasteiger partial charge in [-0.05, 0) is 98.4 Å². The van der Waals surface area contributed by atoms with E-state index >= 15 is 0 Å². The van der Waals surface area contributed by atoms with E-state index in [1.165, 1.54) is 48.9 Å². The highest BCUT2D eigenvalue weighted by atomic mass is 19.1. The summed E-state index contributed by atoms with van der Waals surface area (Å²) in [5.41, 5.74) is 4.54. The summed E-state index contributed by atoms with van der Waals surface area (Å²) in [6.45, 7) is 4.25. The van der Waals surface area contributed by atoms with Crippen molar-refractivity contribution in [2.24, 2.45) is 11.8 Å². The number of fused-ring (bicyclic) bond motifs is 1. The van der Waals surface area contributed by atoms with Gasteiger partial charge in [-0.15, -0.1) is 0 Å². The van der Waals surface area contributed by atoms with Gasteiger partial charge >= 0.3 is 6.03 Å². The molecule has 3 aliphatic rings. The molecule has 5 rings (SSSR count). The number of likely N-dealkylation sites (tertiary alicyclic amines) is 1. The highest BCUT2D eigenvalue weighted by molar-refractivity contribution is 5.90. The van der Waals surface area contributed by atoms with Gasteiger partial charge < -0.3 is 20.9 Å². The third kappa shape index (κ3) is 5.90. The molecular weight excluding hydrogens is 427 g/mol. The van der Waals surface area contributed by atoms with E-state index in [0.717, 1.165) is 51.1 Å². The van der Waals surface area contributed by atoms with Crippen molar-refractivity contribution >= 4 is 17.4 Å². The molecule has 2 amide bonds. The van der Waals surface area contributed by atoms with Gasteiger partial charge in [-0.2, -0.15) is 0 Å². The molecule has 2 aromatic carbocycles. The lowest BCUT2D eigenvalue weighted by molar-refractivity contribution is 0.123. The third-order valence-electron chi connectivity index (χ3n) is 7.83. The van der Waals surface area contributed by atoms with E-state index in [2.05, 4.69) is 33.0 Å². The maximum atomic E-state index is 13.2. The molecule has 1 saturated carbocycles. The number of nitrogens with zero attached hydrogens (tertiary/aromatic N) is 1. The summed E-state index contributed by atoms with van der Waals surface area (Å²) in [4.78, 5) is 15.4. The molecule has 34 heavy (non-hydrogen) atoms. The van der Waals surface area contributed by atoms with Crippen LogP contribution in [0.5, 0.6) is 0 Å². The van der Waals surface area contributed by atoms with Gasteiger partial charge in [0.15, 0.2) is 0 Å². The van der Waals surface area contributed by atoms with Gasteiger partial charge in [-0.1, -0.05) is 25.0 Å². The van der Waals surface area contributed by atoms with Crippen LogP contribution in [0.1, 0.15) is 49.7 Å². The molecule has 2 aromatic rings. The van der Waals surface area contributed by atoms with Gasteiger partial charge in [0.25, 0.3) is 0 Å². The Morgan fingerprint density at radius 2 is 1.91 bits per heavy atom. The van der Waals surface area contributed by atoms with Crippen molar-refractivity contribution in [3.63, 3.8) is 0 Å². The van der Waals surface area contributed by atoms with Crippen molar-refractivity contribution in [2.45, 2.75) is 57.4 Å². The minimum atomic E-state index is -0.165. The monoisotopic (exact) mass is 464 g/mol. The maximum absolute atomic E-state index is 13.2. The molecule has 1 saturated heterocycles. The van der Waals surface area contributed by atoms with Crippen molar-refractivity contribution in [3.05, 3.63) is 59.4 Å². The van der Waals surface area contributed by atoms with Crippen LogP contribution in [0.2, 0.25) is 0 Å². The van der Waals surface area contributed by atoms with Crippen LogP contribution < -0.4 is 16.0 Å². The fourth-order valence-electron chi connectivity index (χ4n) is 6.10. The number of anilines is 2. The summed E-state index contributed by atoms with van der Waals surface area (Å²) < 4.78 is 13.2. The first-order valence-corrected chi connectivity index (χ1v) is 13.0. The Kier molecular flexibility index (Phi) is 7.33. The van der Waals surface area contributed by atoms with Crippen LogP contribution in [-0.2, 0) is 12.8 Å². The summed E-state index contributed by atoms with van der Waals surface area (Å²) in [6.07, 6.45) is 9.13. The number of rotatable bonds is 6. The largest absolute Gasteiger partial charge is 0.384 e. The normalized spacial score (nSPS) is 24.8. The molecule has 0 aromatic heterocycles. The molecule has 2 fully saturated rings. The average Bonchev–Trinajstić information content (AvgIpc) is 3.30. The van der Waals surface area contributed by atoms with Gasteiger partial charge in [0, 0.05) is 37.1 Å². The zero-order valence-corrected chi connectivity index (χ0v) is 20.0. The molecule has 3 N–H and O–H groups in total. The molecule has 0 spiro atoms. The van der Waals surface area contributed by atoms with E-state index in [-0.39, 0.29) is 17.9 Å². The van der Waals surface area contributed by atoms with Crippen molar-refractivity contribution in [3.8, 4) is 0 Å². The molecule has 1 aliphatic carbocycles. The van der Waals surface area contributed by atoms with Gasteiger partial charge in [0.2, 0.25) is 0 Å². The number of amides is 2. The topological polar surface area (TPSA) is 56.4 Å². The Morgan fingerprint density at radius 3 is 2.79 bits per heavy atom. The van der Waals surface area contributed by atoms with E-state index in [1.54, 1.807) is 12.1 Å². The van der Waals surface area contributed by atoms with E-state index < -0.39 is 0 Å². The van der Waals surface area contributed by atoms with Crippen LogP contribution in [0.15, 0.2) is 42.5 Å². The lowest BCUT2D eigenvalue weighted by atomic mass is 9.83. The Labute approximate surface area is 202 Å². The first kappa shape index (κ1) is 23.2. The van der Waals surface area contributed by atoms with E-state index in [9.17, 15) is 9.18 Å². The summed E-state index contributed by atoms with van der Waals surface area (Å²) in [7, 11) is 0. The summed E-state index contributed by atoms with van der Waals surface area (Å²) in [5.74, 6) is 0.946. The van der Waals surface area contributed by atoms with E-state index in [1.807, 2.05) is 18.2 Å². The minimum Gasteiger partial charge on any atom is -0.384 e. The number of carbonyl (C=O) groups is 1. The van der Waals surface area contributed by atoms with Crippen LogP contribution in [0.4, 0.5) is 20.6 Å². The molecule has 0 bridgehead atoms.